The molecule has 0 saturated carbocycles. The summed E-state index contributed by atoms with van der Waals surface area (Å²) in [5.41, 5.74) is 4.47. The van der Waals surface area contributed by atoms with Crippen molar-refractivity contribution in [3.8, 4) is 0 Å². The number of hydrogen-bond donors (Lipinski definition) is 2. The lowest BCUT2D eigenvalue weighted by Crippen LogP contribution is -2.46. The van der Waals surface area contributed by atoms with Crippen molar-refractivity contribution in [1.82, 2.24) is 9.47 Å². The van der Waals surface area contributed by atoms with Crippen LogP contribution in [0.2, 0.25) is 0 Å². The second kappa shape index (κ2) is 11.8. The largest absolute Gasteiger partial charge is 0.393 e. The van der Waals surface area contributed by atoms with Crippen LogP contribution in [0.1, 0.15) is 49.5 Å². The van der Waals surface area contributed by atoms with Crippen molar-refractivity contribution in [3.63, 3.8) is 0 Å². The van der Waals surface area contributed by atoms with Gasteiger partial charge in [-0.05, 0) is 85.6 Å². The van der Waals surface area contributed by atoms with Crippen molar-refractivity contribution in [3.05, 3.63) is 120 Å². The maximum absolute atomic E-state index is 13.1. The van der Waals surface area contributed by atoms with Crippen LogP contribution in [0.15, 0.2) is 97.3 Å². The van der Waals surface area contributed by atoms with Crippen molar-refractivity contribution in [1.29, 1.82) is 0 Å². The van der Waals surface area contributed by atoms with Gasteiger partial charge >= 0.3 is 5.91 Å². The minimum absolute atomic E-state index is 0.00199. The average molecular weight is 550 g/mol. The zero-order valence-corrected chi connectivity index (χ0v) is 23.2. The second-order valence-electron chi connectivity index (χ2n) is 10.7. The van der Waals surface area contributed by atoms with Gasteiger partial charge < -0.3 is 15.3 Å². The molecule has 0 atom stereocenters. The predicted molar refractivity (Wildman–Crippen MR) is 160 cm³/mol. The Balaban J connectivity index is 1.20. The summed E-state index contributed by atoms with van der Waals surface area (Å²) < 4.78 is -0.00199. The molecule has 1 aromatic heterocycles. The van der Waals surface area contributed by atoms with Gasteiger partial charge in [-0.1, -0.05) is 0 Å². The summed E-state index contributed by atoms with van der Waals surface area (Å²) in [4.78, 5) is 45.1. The van der Waals surface area contributed by atoms with E-state index < -0.39 is 0 Å². The third-order valence-electron chi connectivity index (χ3n) is 7.57. The van der Waals surface area contributed by atoms with E-state index in [9.17, 15) is 19.5 Å². The molecular formula is C33H33N4O4+. The van der Waals surface area contributed by atoms with Crippen LogP contribution >= 0.6 is 0 Å². The highest BCUT2D eigenvalue weighted by molar-refractivity contribution is 6.10. The molecule has 4 aromatic rings. The van der Waals surface area contributed by atoms with Gasteiger partial charge in [0.05, 0.1) is 25.8 Å². The summed E-state index contributed by atoms with van der Waals surface area (Å²) in [6.07, 6.45) is 4.44. The molecule has 1 saturated heterocycles. The van der Waals surface area contributed by atoms with Crippen molar-refractivity contribution in [2.75, 3.05) is 37.4 Å². The van der Waals surface area contributed by atoms with Crippen LogP contribution < -0.4 is 14.7 Å². The summed E-state index contributed by atoms with van der Waals surface area (Å²) in [5, 5.41) is 12.6. The van der Waals surface area contributed by atoms with Crippen molar-refractivity contribution >= 4 is 34.7 Å². The molecule has 41 heavy (non-hydrogen) atoms. The number of aromatic nitrogens is 1. The quantitative estimate of drug-likeness (QED) is 0.250. The first-order chi connectivity index (χ1) is 19.7. The molecule has 0 aliphatic carbocycles. The number of carbonyl (C=O) groups is 3. The molecule has 208 valence electrons. The van der Waals surface area contributed by atoms with E-state index >= 15 is 0 Å². The summed E-state index contributed by atoms with van der Waals surface area (Å²) in [6.45, 7) is 1.59. The van der Waals surface area contributed by atoms with Crippen molar-refractivity contribution in [2.45, 2.75) is 18.9 Å². The highest BCUT2D eigenvalue weighted by atomic mass is 16.3. The normalized spacial score (nSPS) is 14.0. The zero-order chi connectivity index (χ0) is 29.0. The second-order valence-corrected chi connectivity index (χ2v) is 10.7. The molecule has 1 aliphatic rings. The van der Waals surface area contributed by atoms with Gasteiger partial charge in [0.2, 0.25) is 0 Å². The molecule has 8 nitrogen and oxygen atoms in total. The Morgan fingerprint density at radius 3 is 1.88 bits per heavy atom. The van der Waals surface area contributed by atoms with E-state index in [4.69, 9.17) is 0 Å². The molecule has 0 unspecified atom stereocenters. The molecule has 1 fully saturated rings. The highest BCUT2D eigenvalue weighted by Gasteiger charge is 2.31. The first-order valence-electron chi connectivity index (χ1n) is 13.6. The van der Waals surface area contributed by atoms with Gasteiger partial charge in [0, 0.05) is 65.7 Å². The number of quaternary nitrogens is 1. The van der Waals surface area contributed by atoms with Crippen LogP contribution in [-0.4, -0.2) is 61.0 Å². The van der Waals surface area contributed by atoms with E-state index in [0.717, 1.165) is 37.3 Å². The van der Waals surface area contributed by atoms with Crippen LogP contribution in [0.3, 0.4) is 0 Å². The summed E-state index contributed by atoms with van der Waals surface area (Å²) in [5.74, 6) is -0.467. The Morgan fingerprint density at radius 1 is 0.756 bits per heavy atom. The van der Waals surface area contributed by atoms with Gasteiger partial charge in [0.15, 0.2) is 5.78 Å². The molecule has 0 spiro atoms. The van der Waals surface area contributed by atoms with Gasteiger partial charge in [0.1, 0.15) is 5.69 Å². The third kappa shape index (κ3) is 6.24. The number of carbonyl (C=O) groups excluding carboxylic acids is 3. The van der Waals surface area contributed by atoms with Crippen LogP contribution in [-0.2, 0) is 0 Å². The fraction of sp³-hybridized carbons (Fsp3) is 0.212. The number of aliphatic hydroxyl groups excluding tert-OH is 1. The Hall–Kier alpha value is -4.66. The fourth-order valence-corrected chi connectivity index (χ4v) is 4.94. The lowest BCUT2D eigenvalue weighted by Gasteiger charge is -2.31. The zero-order valence-electron chi connectivity index (χ0n) is 23.2. The predicted octanol–water partition coefficient (Wildman–Crippen LogP) is 4.93. The Labute approximate surface area is 239 Å². The molecule has 0 radical (unpaired) electrons. The number of nitrogens with one attached hydrogen (secondary N) is 1. The third-order valence-corrected chi connectivity index (χ3v) is 7.57. The fourth-order valence-electron chi connectivity index (χ4n) is 4.94. The average Bonchev–Trinajstić information content (AvgIpc) is 3.01. The Morgan fingerprint density at radius 2 is 1.29 bits per heavy atom. The van der Waals surface area contributed by atoms with Crippen molar-refractivity contribution in [2.24, 2.45) is 0 Å². The van der Waals surface area contributed by atoms with E-state index in [1.807, 2.05) is 26.2 Å². The van der Waals surface area contributed by atoms with E-state index in [-0.39, 0.29) is 28.2 Å². The number of ketones is 1. The lowest BCUT2D eigenvalue weighted by molar-refractivity contribution is 0.0831. The number of rotatable bonds is 7. The number of nitrogens with zero attached hydrogens (tertiary/aromatic N) is 3. The van der Waals surface area contributed by atoms with Gasteiger partial charge in [-0.3, -0.25) is 14.6 Å². The van der Waals surface area contributed by atoms with E-state index in [1.165, 1.54) is 0 Å². The van der Waals surface area contributed by atoms with Crippen LogP contribution in [0.25, 0.3) is 0 Å². The maximum atomic E-state index is 13.1. The Kier molecular flexibility index (Phi) is 8.05. The van der Waals surface area contributed by atoms with Gasteiger partial charge in [0.25, 0.3) is 5.91 Å². The van der Waals surface area contributed by atoms with Gasteiger partial charge in [-0.2, -0.15) is 0 Å². The van der Waals surface area contributed by atoms with Crippen molar-refractivity contribution < 1.29 is 19.5 Å². The SMILES string of the molecule is C[N+](C)(C(=O)c1ccncc1)c1ccc(C(=O)c2ccc(NC(=O)c3ccc(N4CCC(O)CC4)cc3)cc2)cc1. The number of amides is 2. The molecule has 2 amide bonds. The summed E-state index contributed by atoms with van der Waals surface area (Å²) in [6, 6.07) is 24.6. The molecule has 2 N–H and O–H groups in total. The minimum Gasteiger partial charge on any atom is -0.393 e. The number of benzene rings is 3. The number of hydrogen-bond acceptors (Lipinski definition) is 6. The Bertz CT molecular complexity index is 1530. The molecule has 5 rings (SSSR count). The standard InChI is InChI=1S/C33H32N4O4/c1-37(2,33(41)26-15-19-34-20-16-26)29-13-7-24(8-14-29)31(39)23-3-9-27(10-4-23)35-32(40)25-5-11-28(12-6-25)36-21-17-30(38)18-22-36/h3-16,19-20,30,38H,17-18,21-22H2,1-2H3/p+1. The lowest BCUT2D eigenvalue weighted by atomic mass is 10.0. The maximum Gasteiger partial charge on any atom is 0.350 e. The summed E-state index contributed by atoms with van der Waals surface area (Å²) in [7, 11) is 3.61. The first-order valence-corrected chi connectivity index (χ1v) is 13.6. The smallest absolute Gasteiger partial charge is 0.350 e. The van der Waals surface area contributed by atoms with Crippen LogP contribution in [0.4, 0.5) is 17.1 Å². The first kappa shape index (κ1) is 27.9. The van der Waals surface area contributed by atoms with E-state index in [1.54, 1.807) is 85.2 Å². The molecule has 2 heterocycles. The topological polar surface area (TPSA) is 99.6 Å². The number of pyridine rings is 1. The molecule has 8 heteroatoms. The molecule has 0 bridgehead atoms. The number of piperidine rings is 1. The molecule has 1 aliphatic heterocycles. The minimum atomic E-state index is -0.234. The van der Waals surface area contributed by atoms with Crippen LogP contribution in [0, 0.1) is 0 Å². The van der Waals surface area contributed by atoms with Gasteiger partial charge in [-0.25, -0.2) is 9.28 Å². The van der Waals surface area contributed by atoms with E-state index in [0.29, 0.717) is 27.9 Å². The van der Waals surface area contributed by atoms with Crippen LogP contribution in [0.5, 0.6) is 0 Å². The van der Waals surface area contributed by atoms with Gasteiger partial charge in [-0.15, -0.1) is 0 Å². The monoisotopic (exact) mass is 549 g/mol. The molecular weight excluding hydrogens is 516 g/mol. The number of aliphatic hydroxyl groups is 1. The molecule has 3 aromatic carbocycles. The number of anilines is 2. The summed E-state index contributed by atoms with van der Waals surface area (Å²) >= 11 is 0. The highest BCUT2D eigenvalue weighted by Crippen LogP contribution is 2.25. The van der Waals surface area contributed by atoms with E-state index in [2.05, 4.69) is 15.2 Å².